The number of ether oxygens (including phenoxy) is 1. The molecule has 0 N–H and O–H groups in total. The number of benzene rings is 1. The third-order valence-corrected chi connectivity index (χ3v) is 3.20. The molecule has 0 aliphatic heterocycles. The van der Waals surface area contributed by atoms with E-state index in [4.69, 9.17) is 16.3 Å². The van der Waals surface area contributed by atoms with Crippen molar-refractivity contribution in [3.8, 4) is 0 Å². The fourth-order valence-corrected chi connectivity index (χ4v) is 2.20. The number of pyridine rings is 1. The van der Waals surface area contributed by atoms with E-state index in [1.807, 2.05) is 0 Å². The van der Waals surface area contributed by atoms with Crippen molar-refractivity contribution >= 4 is 28.7 Å². The van der Waals surface area contributed by atoms with Gasteiger partial charge in [-0.3, -0.25) is 14.2 Å². The van der Waals surface area contributed by atoms with E-state index in [2.05, 4.69) is 0 Å². The first-order valence-corrected chi connectivity index (χ1v) is 5.83. The molecular formula is C13H12ClNO3. The number of fused-ring (bicyclic) bond motifs is 1. The largest absolute Gasteiger partial charge is 0.383 e. The summed E-state index contributed by atoms with van der Waals surface area (Å²) in [6, 6.07) is 6.93. The second-order valence-electron chi connectivity index (χ2n) is 3.82. The summed E-state index contributed by atoms with van der Waals surface area (Å²) < 4.78 is 6.29. The summed E-state index contributed by atoms with van der Waals surface area (Å²) in [6.07, 6.45) is 0.674. The molecule has 4 nitrogen and oxygen atoms in total. The molecule has 0 radical (unpaired) electrons. The van der Waals surface area contributed by atoms with Crippen molar-refractivity contribution in [1.29, 1.82) is 0 Å². The molecule has 0 atom stereocenters. The standard InChI is InChI=1S/C13H12ClNO3/c1-18-7-6-15-12(14)11(8-16)9-4-2-3-5-10(9)13(15)17/h2-5,8H,6-7H2,1H3. The molecule has 94 valence electrons. The first-order chi connectivity index (χ1) is 8.70. The summed E-state index contributed by atoms with van der Waals surface area (Å²) in [5, 5.41) is 1.22. The number of aromatic nitrogens is 1. The molecule has 0 saturated heterocycles. The van der Waals surface area contributed by atoms with Gasteiger partial charge < -0.3 is 4.74 Å². The summed E-state index contributed by atoms with van der Waals surface area (Å²) in [4.78, 5) is 23.4. The van der Waals surface area contributed by atoms with Crippen LogP contribution in [0.2, 0.25) is 5.15 Å². The van der Waals surface area contributed by atoms with Gasteiger partial charge in [0.15, 0.2) is 6.29 Å². The molecule has 1 heterocycles. The Morgan fingerprint density at radius 1 is 1.33 bits per heavy atom. The first kappa shape index (κ1) is 12.8. The van der Waals surface area contributed by atoms with Gasteiger partial charge in [0.25, 0.3) is 5.56 Å². The highest BCUT2D eigenvalue weighted by molar-refractivity contribution is 6.33. The summed E-state index contributed by atoms with van der Waals surface area (Å²) in [7, 11) is 1.54. The highest BCUT2D eigenvalue weighted by Crippen LogP contribution is 2.21. The van der Waals surface area contributed by atoms with E-state index in [9.17, 15) is 9.59 Å². The van der Waals surface area contributed by atoms with Gasteiger partial charge in [-0.2, -0.15) is 0 Å². The third kappa shape index (κ3) is 2.05. The highest BCUT2D eigenvalue weighted by Gasteiger charge is 2.13. The van der Waals surface area contributed by atoms with Crippen LogP contribution in [-0.4, -0.2) is 24.6 Å². The van der Waals surface area contributed by atoms with Crippen molar-refractivity contribution in [3.05, 3.63) is 45.3 Å². The number of halogens is 1. The zero-order valence-corrected chi connectivity index (χ0v) is 10.6. The number of methoxy groups -OCH3 is 1. The molecule has 0 bridgehead atoms. The average Bonchev–Trinajstić information content (AvgIpc) is 2.39. The van der Waals surface area contributed by atoms with E-state index in [0.717, 1.165) is 0 Å². The second kappa shape index (κ2) is 5.33. The molecule has 0 spiro atoms. The fraction of sp³-hybridized carbons (Fsp3) is 0.231. The van der Waals surface area contributed by atoms with E-state index in [-0.39, 0.29) is 10.7 Å². The molecule has 0 unspecified atom stereocenters. The lowest BCUT2D eigenvalue weighted by molar-refractivity contribution is 0.112. The van der Waals surface area contributed by atoms with Crippen molar-refractivity contribution < 1.29 is 9.53 Å². The van der Waals surface area contributed by atoms with Crippen LogP contribution in [0.5, 0.6) is 0 Å². The second-order valence-corrected chi connectivity index (χ2v) is 4.18. The lowest BCUT2D eigenvalue weighted by Crippen LogP contribution is -2.24. The van der Waals surface area contributed by atoms with Crippen LogP contribution in [0, 0.1) is 0 Å². The zero-order valence-electron chi connectivity index (χ0n) is 9.85. The Hall–Kier alpha value is -1.65. The number of nitrogens with zero attached hydrogens (tertiary/aromatic N) is 1. The van der Waals surface area contributed by atoms with Gasteiger partial charge in [0.1, 0.15) is 5.15 Å². The van der Waals surface area contributed by atoms with Crippen molar-refractivity contribution in [2.24, 2.45) is 0 Å². The average molecular weight is 266 g/mol. The highest BCUT2D eigenvalue weighted by atomic mass is 35.5. The smallest absolute Gasteiger partial charge is 0.259 e. The SMILES string of the molecule is COCCn1c(Cl)c(C=O)c2ccccc2c1=O. The van der Waals surface area contributed by atoms with Gasteiger partial charge in [-0.25, -0.2) is 0 Å². The minimum absolute atomic E-state index is 0.158. The van der Waals surface area contributed by atoms with Crippen LogP contribution in [0.1, 0.15) is 10.4 Å². The van der Waals surface area contributed by atoms with E-state index in [0.29, 0.717) is 35.8 Å². The van der Waals surface area contributed by atoms with Gasteiger partial charge in [-0.15, -0.1) is 0 Å². The minimum Gasteiger partial charge on any atom is -0.383 e. The summed E-state index contributed by atoms with van der Waals surface area (Å²) >= 11 is 6.11. The Morgan fingerprint density at radius 3 is 2.61 bits per heavy atom. The molecule has 0 saturated carbocycles. The lowest BCUT2D eigenvalue weighted by atomic mass is 10.1. The predicted molar refractivity (Wildman–Crippen MR) is 70.5 cm³/mol. The number of rotatable bonds is 4. The summed E-state index contributed by atoms with van der Waals surface area (Å²) in [6.45, 7) is 0.677. The van der Waals surface area contributed by atoms with Crippen molar-refractivity contribution in [2.75, 3.05) is 13.7 Å². The van der Waals surface area contributed by atoms with Crippen LogP contribution in [0.25, 0.3) is 10.8 Å². The van der Waals surface area contributed by atoms with Crippen LogP contribution in [0.15, 0.2) is 29.1 Å². The van der Waals surface area contributed by atoms with Crippen molar-refractivity contribution in [3.63, 3.8) is 0 Å². The maximum absolute atomic E-state index is 12.2. The number of hydrogen-bond donors (Lipinski definition) is 0. The monoisotopic (exact) mass is 265 g/mol. The molecule has 1 aromatic heterocycles. The van der Waals surface area contributed by atoms with E-state index < -0.39 is 0 Å². The summed E-state index contributed by atoms with van der Waals surface area (Å²) in [5.74, 6) is 0. The maximum Gasteiger partial charge on any atom is 0.259 e. The van der Waals surface area contributed by atoms with Gasteiger partial charge in [-0.05, 0) is 6.07 Å². The van der Waals surface area contributed by atoms with Gasteiger partial charge in [0.2, 0.25) is 0 Å². The third-order valence-electron chi connectivity index (χ3n) is 2.79. The molecule has 5 heteroatoms. The zero-order chi connectivity index (χ0) is 13.1. The number of hydrogen-bond acceptors (Lipinski definition) is 3. The lowest BCUT2D eigenvalue weighted by Gasteiger charge is -2.12. The quantitative estimate of drug-likeness (QED) is 0.628. The number of aldehydes is 1. The molecule has 2 aromatic rings. The fourth-order valence-electron chi connectivity index (χ4n) is 1.89. The van der Waals surface area contributed by atoms with Crippen LogP contribution >= 0.6 is 11.6 Å². The number of carbonyl (C=O) groups is 1. The molecular weight excluding hydrogens is 254 g/mol. The molecule has 2 rings (SSSR count). The molecule has 0 aliphatic rings. The van der Waals surface area contributed by atoms with Gasteiger partial charge >= 0.3 is 0 Å². The normalized spacial score (nSPS) is 10.8. The Morgan fingerprint density at radius 2 is 2.00 bits per heavy atom. The van der Waals surface area contributed by atoms with E-state index in [1.54, 1.807) is 31.4 Å². The first-order valence-electron chi connectivity index (χ1n) is 5.46. The topological polar surface area (TPSA) is 48.3 Å². The van der Waals surface area contributed by atoms with Crippen LogP contribution in [-0.2, 0) is 11.3 Å². The van der Waals surface area contributed by atoms with Crippen LogP contribution < -0.4 is 5.56 Å². The molecule has 18 heavy (non-hydrogen) atoms. The van der Waals surface area contributed by atoms with Crippen LogP contribution in [0.3, 0.4) is 0 Å². The molecule has 0 aliphatic carbocycles. The van der Waals surface area contributed by atoms with Crippen LogP contribution in [0.4, 0.5) is 0 Å². The van der Waals surface area contributed by atoms with E-state index >= 15 is 0 Å². The Labute approximate surface area is 109 Å². The molecule has 0 fully saturated rings. The number of carbonyl (C=O) groups excluding carboxylic acids is 1. The molecule has 1 aromatic carbocycles. The van der Waals surface area contributed by atoms with Crippen molar-refractivity contribution in [1.82, 2.24) is 4.57 Å². The maximum atomic E-state index is 12.2. The van der Waals surface area contributed by atoms with Gasteiger partial charge in [-0.1, -0.05) is 29.8 Å². The Balaban J connectivity index is 2.79. The predicted octanol–water partition coefficient (Wildman–Crippen LogP) is 2.11. The van der Waals surface area contributed by atoms with Crippen molar-refractivity contribution in [2.45, 2.75) is 6.54 Å². The Bertz CT molecular complexity index is 648. The molecule has 0 amide bonds. The van der Waals surface area contributed by atoms with E-state index in [1.165, 1.54) is 4.57 Å². The van der Waals surface area contributed by atoms with Gasteiger partial charge in [0, 0.05) is 17.9 Å². The minimum atomic E-state index is -0.210. The van der Waals surface area contributed by atoms with Gasteiger partial charge in [0.05, 0.1) is 18.7 Å². The summed E-state index contributed by atoms with van der Waals surface area (Å²) in [5.41, 5.74) is 0.126. The Kier molecular flexibility index (Phi) is 3.79.